The van der Waals surface area contributed by atoms with Crippen LogP contribution < -0.4 is 20.7 Å². The first-order valence-electron chi connectivity index (χ1n) is 8.37. The second kappa shape index (κ2) is 8.83. The van der Waals surface area contributed by atoms with Crippen LogP contribution in [0, 0.1) is 0 Å². The van der Waals surface area contributed by atoms with E-state index >= 15 is 0 Å². The van der Waals surface area contributed by atoms with Gasteiger partial charge in [-0.25, -0.2) is 0 Å². The third-order valence-electron chi connectivity index (χ3n) is 3.92. The second-order valence-corrected chi connectivity index (χ2v) is 6.92. The van der Waals surface area contributed by atoms with E-state index in [9.17, 15) is 9.59 Å². The van der Waals surface area contributed by atoms with Crippen molar-refractivity contribution in [3.63, 3.8) is 0 Å². The van der Waals surface area contributed by atoms with Crippen LogP contribution in [-0.4, -0.2) is 30.0 Å². The fraction of sp³-hybridized carbons (Fsp3) is 0.211. The van der Waals surface area contributed by atoms with Crippen molar-refractivity contribution in [1.82, 2.24) is 5.32 Å². The summed E-state index contributed by atoms with van der Waals surface area (Å²) >= 11 is 11.0. The van der Waals surface area contributed by atoms with Gasteiger partial charge in [0.05, 0.1) is 11.5 Å². The minimum Gasteiger partial charge on any atom is -0.484 e. The Morgan fingerprint density at radius 1 is 1.19 bits per heavy atom. The van der Waals surface area contributed by atoms with Gasteiger partial charge in [-0.05, 0) is 54.4 Å². The molecule has 3 N–H and O–H groups in total. The lowest BCUT2D eigenvalue weighted by Crippen LogP contribution is -2.35. The van der Waals surface area contributed by atoms with Crippen molar-refractivity contribution in [2.45, 2.75) is 12.8 Å². The number of carbonyl (C=O) groups is 2. The molecular weight excluding hydrogens is 386 g/mol. The molecule has 6 nitrogen and oxygen atoms in total. The average molecular weight is 404 g/mol. The molecule has 2 amide bonds. The molecule has 0 radical (unpaired) electrons. The van der Waals surface area contributed by atoms with Gasteiger partial charge in [-0.15, -0.1) is 0 Å². The number of fused-ring (bicyclic) bond motifs is 1. The molecule has 0 aliphatic carbocycles. The fourth-order valence-electron chi connectivity index (χ4n) is 2.57. The van der Waals surface area contributed by atoms with Gasteiger partial charge in [-0.3, -0.25) is 9.59 Å². The molecule has 27 heavy (non-hydrogen) atoms. The Bertz CT molecular complexity index is 871. The third-order valence-corrected chi connectivity index (χ3v) is 4.41. The summed E-state index contributed by atoms with van der Waals surface area (Å²) in [6.45, 7) is 0.0884. The van der Waals surface area contributed by atoms with Crippen LogP contribution in [0.4, 0.5) is 11.4 Å². The predicted octanol–water partition coefficient (Wildman–Crippen LogP) is 3.16. The Morgan fingerprint density at radius 2 is 1.96 bits per heavy atom. The SMILES string of the molecule is O=C(COc1ccc2c(c1)CCC(=O)N2)NCC(=S)Nc1ccc(Cl)cc1. The molecule has 2 aromatic rings. The summed E-state index contributed by atoms with van der Waals surface area (Å²) in [5, 5.41) is 9.17. The number of amides is 2. The van der Waals surface area contributed by atoms with Crippen LogP contribution in [0.25, 0.3) is 0 Å². The van der Waals surface area contributed by atoms with E-state index in [2.05, 4.69) is 16.0 Å². The van der Waals surface area contributed by atoms with Gasteiger partial charge in [0.15, 0.2) is 6.61 Å². The fourth-order valence-corrected chi connectivity index (χ4v) is 2.88. The van der Waals surface area contributed by atoms with E-state index in [1.54, 1.807) is 36.4 Å². The molecule has 0 saturated carbocycles. The molecule has 8 heteroatoms. The Labute approximate surface area is 167 Å². The van der Waals surface area contributed by atoms with Crippen molar-refractivity contribution in [3.8, 4) is 5.75 Å². The van der Waals surface area contributed by atoms with Crippen LogP contribution in [0.2, 0.25) is 5.02 Å². The molecule has 0 saturated heterocycles. The number of hydrogen-bond acceptors (Lipinski definition) is 4. The van der Waals surface area contributed by atoms with E-state index in [0.29, 0.717) is 28.6 Å². The van der Waals surface area contributed by atoms with Gasteiger partial charge in [-0.1, -0.05) is 23.8 Å². The number of hydrogen-bond donors (Lipinski definition) is 3. The molecule has 1 heterocycles. The van der Waals surface area contributed by atoms with Crippen LogP contribution in [-0.2, 0) is 16.0 Å². The minimum atomic E-state index is -0.277. The van der Waals surface area contributed by atoms with Gasteiger partial charge in [0.1, 0.15) is 5.75 Å². The lowest BCUT2D eigenvalue weighted by Gasteiger charge is -2.17. The highest BCUT2D eigenvalue weighted by atomic mass is 35.5. The average Bonchev–Trinajstić information content (AvgIpc) is 2.66. The zero-order chi connectivity index (χ0) is 19.2. The predicted molar refractivity (Wildman–Crippen MR) is 110 cm³/mol. The number of benzene rings is 2. The van der Waals surface area contributed by atoms with Crippen LogP contribution in [0.1, 0.15) is 12.0 Å². The van der Waals surface area contributed by atoms with E-state index in [4.69, 9.17) is 28.6 Å². The van der Waals surface area contributed by atoms with Gasteiger partial charge < -0.3 is 20.7 Å². The maximum atomic E-state index is 12.0. The van der Waals surface area contributed by atoms with Crippen LogP contribution in [0.15, 0.2) is 42.5 Å². The molecule has 0 spiro atoms. The molecule has 3 rings (SSSR count). The Balaban J connectivity index is 1.42. The first kappa shape index (κ1) is 19.1. The number of nitrogens with one attached hydrogen (secondary N) is 3. The molecule has 0 bridgehead atoms. The molecule has 1 aliphatic rings. The Hall–Kier alpha value is -2.64. The minimum absolute atomic E-state index is 0.0127. The number of halogens is 1. The Morgan fingerprint density at radius 3 is 2.74 bits per heavy atom. The van der Waals surface area contributed by atoms with Gasteiger partial charge in [-0.2, -0.15) is 0 Å². The summed E-state index contributed by atoms with van der Waals surface area (Å²) in [4.78, 5) is 23.8. The molecule has 2 aromatic carbocycles. The first-order valence-corrected chi connectivity index (χ1v) is 9.16. The maximum absolute atomic E-state index is 12.0. The van der Waals surface area contributed by atoms with E-state index in [1.807, 2.05) is 6.07 Å². The van der Waals surface area contributed by atoms with Gasteiger partial charge in [0.2, 0.25) is 5.91 Å². The van der Waals surface area contributed by atoms with Crippen molar-refractivity contribution in [1.29, 1.82) is 0 Å². The molecule has 0 unspecified atom stereocenters. The molecule has 0 fully saturated rings. The van der Waals surface area contributed by atoms with Crippen molar-refractivity contribution in [2.24, 2.45) is 0 Å². The van der Waals surface area contributed by atoms with Crippen LogP contribution in [0.3, 0.4) is 0 Å². The number of rotatable bonds is 6. The normalized spacial score (nSPS) is 12.6. The standard InChI is InChI=1S/C19H18ClN3O3S/c20-13-2-4-14(5-3-13)22-19(27)10-21-18(25)11-26-15-6-7-16-12(9-15)1-8-17(24)23-16/h2-7,9H,1,8,10-11H2,(H,21,25)(H,22,27)(H,23,24). The summed E-state index contributed by atoms with van der Waals surface area (Å²) in [7, 11) is 0. The van der Waals surface area contributed by atoms with Gasteiger partial charge in [0.25, 0.3) is 5.91 Å². The van der Waals surface area contributed by atoms with Crippen molar-refractivity contribution < 1.29 is 14.3 Å². The molecular formula is C19H18ClN3O3S. The zero-order valence-corrected chi connectivity index (χ0v) is 16.0. The lowest BCUT2D eigenvalue weighted by molar-refractivity contribution is -0.122. The monoisotopic (exact) mass is 403 g/mol. The lowest BCUT2D eigenvalue weighted by atomic mass is 10.0. The number of aryl methyl sites for hydroxylation is 1. The van der Waals surface area contributed by atoms with E-state index < -0.39 is 0 Å². The number of anilines is 2. The van der Waals surface area contributed by atoms with E-state index in [1.165, 1.54) is 0 Å². The highest BCUT2D eigenvalue weighted by Gasteiger charge is 2.15. The van der Waals surface area contributed by atoms with Crippen molar-refractivity contribution >= 4 is 52.0 Å². The summed E-state index contributed by atoms with van der Waals surface area (Å²) in [6, 6.07) is 12.5. The maximum Gasteiger partial charge on any atom is 0.258 e. The number of ether oxygens (including phenoxy) is 1. The van der Waals surface area contributed by atoms with E-state index in [0.717, 1.165) is 16.9 Å². The quantitative estimate of drug-likeness (QED) is 0.646. The van der Waals surface area contributed by atoms with Gasteiger partial charge >= 0.3 is 0 Å². The number of thiocarbonyl (C=S) groups is 1. The molecule has 140 valence electrons. The zero-order valence-electron chi connectivity index (χ0n) is 14.4. The van der Waals surface area contributed by atoms with Crippen molar-refractivity contribution in [2.75, 3.05) is 23.8 Å². The largest absolute Gasteiger partial charge is 0.484 e. The topological polar surface area (TPSA) is 79.5 Å². The second-order valence-electron chi connectivity index (χ2n) is 5.99. The van der Waals surface area contributed by atoms with Crippen molar-refractivity contribution in [3.05, 3.63) is 53.1 Å². The highest BCUT2D eigenvalue weighted by molar-refractivity contribution is 7.80. The van der Waals surface area contributed by atoms with Crippen LogP contribution >= 0.6 is 23.8 Å². The highest BCUT2D eigenvalue weighted by Crippen LogP contribution is 2.26. The van der Waals surface area contributed by atoms with E-state index in [-0.39, 0.29) is 25.0 Å². The van der Waals surface area contributed by atoms with Crippen LogP contribution in [0.5, 0.6) is 5.75 Å². The molecule has 0 atom stereocenters. The summed E-state index contributed by atoms with van der Waals surface area (Å²) in [5.74, 6) is 0.321. The Kier molecular flexibility index (Phi) is 6.26. The smallest absolute Gasteiger partial charge is 0.258 e. The third kappa shape index (κ3) is 5.67. The summed E-state index contributed by atoms with van der Waals surface area (Å²) in [6.07, 6.45) is 1.12. The van der Waals surface area contributed by atoms with Gasteiger partial charge in [0, 0.05) is 22.8 Å². The molecule has 0 aromatic heterocycles. The summed E-state index contributed by atoms with van der Waals surface area (Å²) in [5.41, 5.74) is 2.60. The first-order chi connectivity index (χ1) is 13.0. The molecule has 1 aliphatic heterocycles. The summed E-state index contributed by atoms with van der Waals surface area (Å²) < 4.78 is 5.52. The number of carbonyl (C=O) groups excluding carboxylic acids is 2.